The number of pyridine rings is 1. The summed E-state index contributed by atoms with van der Waals surface area (Å²) in [5, 5.41) is 0. The third kappa shape index (κ3) is 5.19. The van der Waals surface area contributed by atoms with Gasteiger partial charge < -0.3 is 14.5 Å². The molecule has 144 valence electrons. The molecule has 5 nitrogen and oxygen atoms in total. The lowest BCUT2D eigenvalue weighted by molar-refractivity contribution is -0.138. The van der Waals surface area contributed by atoms with Gasteiger partial charge in [-0.15, -0.1) is 0 Å². The van der Waals surface area contributed by atoms with Crippen molar-refractivity contribution in [2.24, 2.45) is 0 Å². The van der Waals surface area contributed by atoms with Crippen molar-refractivity contribution in [1.29, 1.82) is 0 Å². The van der Waals surface area contributed by atoms with E-state index in [2.05, 4.69) is 4.98 Å². The van der Waals surface area contributed by atoms with Crippen molar-refractivity contribution < 1.29 is 22.7 Å². The number of carbonyl (C=O) groups is 1. The second-order valence-corrected chi connectivity index (χ2v) is 6.25. The first-order valence-electron chi connectivity index (χ1n) is 8.61. The summed E-state index contributed by atoms with van der Waals surface area (Å²) >= 11 is 0. The third-order valence-corrected chi connectivity index (χ3v) is 4.37. The minimum atomic E-state index is -4.39. The van der Waals surface area contributed by atoms with E-state index in [0.29, 0.717) is 38.6 Å². The minimum absolute atomic E-state index is 0.00736. The molecule has 0 spiro atoms. The highest BCUT2D eigenvalue weighted by Gasteiger charge is 2.31. The summed E-state index contributed by atoms with van der Waals surface area (Å²) in [6.45, 7) is 2.38. The number of alkyl halides is 3. The molecular weight excluding hydrogens is 359 g/mol. The number of anilines is 1. The van der Waals surface area contributed by atoms with Gasteiger partial charge in [0.2, 0.25) is 5.91 Å². The van der Waals surface area contributed by atoms with Crippen molar-refractivity contribution in [3.63, 3.8) is 0 Å². The zero-order chi connectivity index (χ0) is 19.3. The SMILES string of the molecule is O=C(COCc1ccccc1)N1CCN(c2ccc(C(F)(F)F)cn2)CC1. The lowest BCUT2D eigenvalue weighted by Gasteiger charge is -2.35. The van der Waals surface area contributed by atoms with Crippen LogP contribution in [0.5, 0.6) is 0 Å². The number of hydrogen-bond donors (Lipinski definition) is 0. The van der Waals surface area contributed by atoms with Gasteiger partial charge in [-0.25, -0.2) is 4.98 Å². The van der Waals surface area contributed by atoms with Gasteiger partial charge in [-0.2, -0.15) is 13.2 Å². The second kappa shape index (κ2) is 8.39. The molecule has 0 saturated carbocycles. The summed E-state index contributed by atoms with van der Waals surface area (Å²) in [6.07, 6.45) is -3.55. The molecule has 1 fully saturated rings. The van der Waals surface area contributed by atoms with Crippen LogP contribution in [-0.2, 0) is 22.3 Å². The van der Waals surface area contributed by atoms with Crippen molar-refractivity contribution >= 4 is 11.7 Å². The number of piperazine rings is 1. The number of amides is 1. The van der Waals surface area contributed by atoms with Gasteiger partial charge in [-0.05, 0) is 17.7 Å². The molecule has 3 rings (SSSR count). The van der Waals surface area contributed by atoms with E-state index in [9.17, 15) is 18.0 Å². The Labute approximate surface area is 155 Å². The standard InChI is InChI=1S/C19H20F3N3O2/c20-19(21,22)16-6-7-17(23-12-16)24-8-10-25(11-9-24)18(26)14-27-13-15-4-2-1-3-5-15/h1-7,12H,8-11,13-14H2. The van der Waals surface area contributed by atoms with Crippen molar-refractivity contribution in [3.8, 4) is 0 Å². The molecule has 1 aromatic heterocycles. The van der Waals surface area contributed by atoms with Crippen LogP contribution in [0, 0.1) is 0 Å². The lowest BCUT2D eigenvalue weighted by Crippen LogP contribution is -2.50. The first-order valence-corrected chi connectivity index (χ1v) is 8.61. The topological polar surface area (TPSA) is 45.7 Å². The Morgan fingerprint density at radius 3 is 2.33 bits per heavy atom. The average Bonchev–Trinajstić information content (AvgIpc) is 2.68. The van der Waals surface area contributed by atoms with Crippen LogP contribution in [0.25, 0.3) is 0 Å². The van der Waals surface area contributed by atoms with Crippen LogP contribution in [0.2, 0.25) is 0 Å². The molecule has 2 aromatic rings. The summed E-state index contributed by atoms with van der Waals surface area (Å²) in [7, 11) is 0. The number of benzene rings is 1. The maximum absolute atomic E-state index is 12.6. The van der Waals surface area contributed by atoms with E-state index >= 15 is 0 Å². The quantitative estimate of drug-likeness (QED) is 0.801. The van der Waals surface area contributed by atoms with Crippen LogP contribution >= 0.6 is 0 Å². The number of carbonyl (C=O) groups excluding carboxylic acids is 1. The van der Waals surface area contributed by atoms with Gasteiger partial charge in [-0.1, -0.05) is 30.3 Å². The average molecular weight is 379 g/mol. The molecule has 1 aliphatic heterocycles. The molecule has 1 aromatic carbocycles. The molecule has 0 radical (unpaired) electrons. The minimum Gasteiger partial charge on any atom is -0.367 e. The Kier molecular flexibility index (Phi) is 5.95. The van der Waals surface area contributed by atoms with Crippen molar-refractivity contribution in [2.75, 3.05) is 37.7 Å². The maximum Gasteiger partial charge on any atom is 0.417 e. The van der Waals surface area contributed by atoms with E-state index in [-0.39, 0.29) is 12.5 Å². The van der Waals surface area contributed by atoms with Crippen LogP contribution in [-0.4, -0.2) is 48.6 Å². The third-order valence-electron chi connectivity index (χ3n) is 4.37. The Morgan fingerprint density at radius 1 is 1.04 bits per heavy atom. The normalized spacial score (nSPS) is 15.1. The van der Waals surface area contributed by atoms with Gasteiger partial charge >= 0.3 is 6.18 Å². The van der Waals surface area contributed by atoms with Crippen molar-refractivity contribution in [2.45, 2.75) is 12.8 Å². The largest absolute Gasteiger partial charge is 0.417 e. The van der Waals surface area contributed by atoms with Crippen LogP contribution in [0.1, 0.15) is 11.1 Å². The Bertz CT molecular complexity index is 743. The number of aromatic nitrogens is 1. The molecule has 0 bridgehead atoms. The Balaban J connectivity index is 1.45. The summed E-state index contributed by atoms with van der Waals surface area (Å²) < 4.78 is 43.3. The molecule has 8 heteroatoms. The second-order valence-electron chi connectivity index (χ2n) is 6.25. The molecule has 0 unspecified atom stereocenters. The number of halogens is 3. The first kappa shape index (κ1) is 19.2. The van der Waals surface area contributed by atoms with E-state index in [1.807, 2.05) is 35.2 Å². The van der Waals surface area contributed by atoms with Crippen LogP contribution in [0.3, 0.4) is 0 Å². The van der Waals surface area contributed by atoms with Gasteiger partial charge in [0.05, 0.1) is 12.2 Å². The fraction of sp³-hybridized carbons (Fsp3) is 0.368. The number of nitrogens with zero attached hydrogens (tertiary/aromatic N) is 3. The molecule has 2 heterocycles. The van der Waals surface area contributed by atoms with Crippen LogP contribution < -0.4 is 4.90 Å². The summed E-state index contributed by atoms with van der Waals surface area (Å²) in [4.78, 5) is 19.7. The Morgan fingerprint density at radius 2 is 1.74 bits per heavy atom. The predicted molar refractivity (Wildman–Crippen MR) is 94.1 cm³/mol. The molecule has 27 heavy (non-hydrogen) atoms. The van der Waals surface area contributed by atoms with Crippen LogP contribution in [0.15, 0.2) is 48.7 Å². The smallest absolute Gasteiger partial charge is 0.367 e. The maximum atomic E-state index is 12.6. The zero-order valence-electron chi connectivity index (χ0n) is 14.7. The highest BCUT2D eigenvalue weighted by atomic mass is 19.4. The molecule has 1 aliphatic rings. The number of ether oxygens (including phenoxy) is 1. The molecule has 0 atom stereocenters. The van der Waals surface area contributed by atoms with Gasteiger partial charge in [0.15, 0.2) is 0 Å². The van der Waals surface area contributed by atoms with Crippen molar-refractivity contribution in [1.82, 2.24) is 9.88 Å². The predicted octanol–water partition coefficient (Wildman–Crippen LogP) is 2.97. The molecular formula is C19H20F3N3O2. The molecule has 0 N–H and O–H groups in total. The van der Waals surface area contributed by atoms with Gasteiger partial charge in [0.1, 0.15) is 12.4 Å². The van der Waals surface area contributed by atoms with E-state index in [4.69, 9.17) is 4.74 Å². The Hall–Kier alpha value is -2.61. The van der Waals surface area contributed by atoms with E-state index in [1.165, 1.54) is 6.07 Å². The monoisotopic (exact) mass is 379 g/mol. The summed E-state index contributed by atoms with van der Waals surface area (Å²) in [5.74, 6) is 0.390. The van der Waals surface area contributed by atoms with Crippen molar-refractivity contribution in [3.05, 3.63) is 59.8 Å². The van der Waals surface area contributed by atoms with Gasteiger partial charge in [0.25, 0.3) is 0 Å². The zero-order valence-corrected chi connectivity index (χ0v) is 14.7. The highest BCUT2D eigenvalue weighted by Crippen LogP contribution is 2.29. The first-order chi connectivity index (χ1) is 12.9. The number of hydrogen-bond acceptors (Lipinski definition) is 4. The highest BCUT2D eigenvalue weighted by molar-refractivity contribution is 5.77. The fourth-order valence-corrected chi connectivity index (χ4v) is 2.85. The van der Waals surface area contributed by atoms with Gasteiger partial charge in [0, 0.05) is 32.4 Å². The lowest BCUT2D eigenvalue weighted by atomic mass is 10.2. The van der Waals surface area contributed by atoms with E-state index < -0.39 is 11.7 Å². The summed E-state index contributed by atoms with van der Waals surface area (Å²) in [6, 6.07) is 12.0. The summed E-state index contributed by atoms with van der Waals surface area (Å²) in [5.41, 5.74) is 0.235. The molecule has 0 aliphatic carbocycles. The van der Waals surface area contributed by atoms with E-state index in [1.54, 1.807) is 4.90 Å². The molecule has 1 saturated heterocycles. The number of rotatable bonds is 5. The van der Waals surface area contributed by atoms with Crippen LogP contribution in [0.4, 0.5) is 19.0 Å². The fourth-order valence-electron chi connectivity index (χ4n) is 2.85. The molecule has 1 amide bonds. The van der Waals surface area contributed by atoms with E-state index in [0.717, 1.165) is 17.8 Å². The van der Waals surface area contributed by atoms with Gasteiger partial charge in [-0.3, -0.25) is 4.79 Å².